The van der Waals surface area contributed by atoms with Crippen LogP contribution in [0.4, 0.5) is 15.8 Å². The summed E-state index contributed by atoms with van der Waals surface area (Å²) in [5.74, 6) is -0.442. The van der Waals surface area contributed by atoms with E-state index in [-0.39, 0.29) is 17.3 Å². The fourth-order valence-electron chi connectivity index (χ4n) is 2.96. The van der Waals surface area contributed by atoms with E-state index >= 15 is 0 Å². The van der Waals surface area contributed by atoms with Gasteiger partial charge in [0.2, 0.25) is 5.91 Å². The van der Waals surface area contributed by atoms with E-state index in [1.54, 1.807) is 19.1 Å². The summed E-state index contributed by atoms with van der Waals surface area (Å²) >= 11 is 0. The van der Waals surface area contributed by atoms with Crippen LogP contribution in [0.15, 0.2) is 47.4 Å². The number of carbonyl (C=O) groups excluding carboxylic acids is 1. The van der Waals surface area contributed by atoms with E-state index in [1.807, 2.05) is 0 Å². The second-order valence-electron chi connectivity index (χ2n) is 6.32. The first-order valence-corrected chi connectivity index (χ1v) is 9.75. The molecule has 0 saturated heterocycles. The maximum absolute atomic E-state index is 13.3. The van der Waals surface area contributed by atoms with Crippen molar-refractivity contribution in [2.75, 3.05) is 16.6 Å². The van der Waals surface area contributed by atoms with Crippen LogP contribution in [0.5, 0.6) is 5.75 Å². The first-order chi connectivity index (χ1) is 12.7. The third-order valence-corrected chi connectivity index (χ3v) is 6.24. The lowest BCUT2D eigenvalue weighted by molar-refractivity contribution is -0.119. The van der Waals surface area contributed by atoms with Crippen molar-refractivity contribution >= 4 is 27.3 Å². The smallest absolute Gasteiger partial charge is 0.264 e. The van der Waals surface area contributed by atoms with E-state index in [2.05, 4.69) is 5.32 Å². The second-order valence-corrected chi connectivity index (χ2v) is 8.13. The van der Waals surface area contributed by atoms with Gasteiger partial charge in [0.15, 0.2) is 0 Å². The number of amides is 1. The minimum atomic E-state index is -4.01. The Kier molecular flexibility index (Phi) is 4.97. The van der Waals surface area contributed by atoms with Crippen molar-refractivity contribution in [1.29, 1.82) is 0 Å². The Balaban J connectivity index is 2.09. The molecule has 7 nitrogen and oxygen atoms in total. The monoisotopic (exact) mass is 393 g/mol. The molecule has 0 aliphatic carbocycles. The molecule has 1 heterocycles. The molecule has 1 aliphatic heterocycles. The fourth-order valence-corrected chi connectivity index (χ4v) is 4.65. The van der Waals surface area contributed by atoms with Gasteiger partial charge in [0.1, 0.15) is 17.7 Å². The third-order valence-electron chi connectivity index (χ3n) is 4.33. The molecule has 1 aliphatic rings. The van der Waals surface area contributed by atoms with Gasteiger partial charge in [-0.25, -0.2) is 12.8 Å². The van der Waals surface area contributed by atoms with Gasteiger partial charge in [0.25, 0.3) is 10.0 Å². The number of hydrogen-bond acceptors (Lipinski definition) is 5. The van der Waals surface area contributed by atoms with Crippen LogP contribution in [0.1, 0.15) is 13.8 Å². The van der Waals surface area contributed by atoms with Crippen LogP contribution in [0.25, 0.3) is 0 Å². The highest BCUT2D eigenvalue weighted by atomic mass is 32.2. The zero-order valence-corrected chi connectivity index (χ0v) is 15.7. The maximum atomic E-state index is 13.3. The quantitative estimate of drug-likeness (QED) is 0.773. The Labute approximate surface area is 157 Å². The van der Waals surface area contributed by atoms with Crippen molar-refractivity contribution < 1.29 is 22.3 Å². The molecule has 144 valence electrons. The number of benzene rings is 2. The number of fused-ring (bicyclic) bond motifs is 1. The summed E-state index contributed by atoms with van der Waals surface area (Å²) in [6, 6.07) is 8.67. The first-order valence-electron chi connectivity index (χ1n) is 8.31. The number of anilines is 2. The molecule has 2 aromatic carbocycles. The summed E-state index contributed by atoms with van der Waals surface area (Å²) in [4.78, 5) is 11.2. The Bertz CT molecular complexity index is 963. The lowest BCUT2D eigenvalue weighted by Gasteiger charge is -2.41. The Morgan fingerprint density at radius 1 is 1.26 bits per heavy atom. The molecule has 0 fully saturated rings. The molecule has 9 heteroatoms. The predicted octanol–water partition coefficient (Wildman–Crippen LogP) is 1.89. The molecular weight excluding hydrogens is 373 g/mol. The van der Waals surface area contributed by atoms with Crippen LogP contribution in [-0.4, -0.2) is 33.0 Å². The van der Waals surface area contributed by atoms with Gasteiger partial charge >= 0.3 is 0 Å². The highest BCUT2D eigenvalue weighted by Crippen LogP contribution is 2.40. The molecular formula is C18H20FN3O4S. The topological polar surface area (TPSA) is 102 Å². The molecule has 3 rings (SSSR count). The molecule has 0 saturated carbocycles. The summed E-state index contributed by atoms with van der Waals surface area (Å²) in [5, 5.41) is 2.65. The van der Waals surface area contributed by atoms with Crippen LogP contribution >= 0.6 is 0 Å². The minimum Gasteiger partial charge on any atom is -0.484 e. The van der Waals surface area contributed by atoms with E-state index in [0.717, 1.165) is 12.1 Å². The largest absolute Gasteiger partial charge is 0.484 e. The standard InChI is InChI=1S/C18H20FN3O4S/c1-11-18(10-21-12(2)23)26-17-8-5-14(20)9-16(17)22(11)27(24,25)15-6-3-13(19)4-7-15/h3-9,11,18H,10,20H2,1-2H3,(H,21,23)/t11-,18?/m0/s1. The Morgan fingerprint density at radius 3 is 2.56 bits per heavy atom. The van der Waals surface area contributed by atoms with Gasteiger partial charge in [-0.05, 0) is 49.4 Å². The van der Waals surface area contributed by atoms with Crippen molar-refractivity contribution in [2.45, 2.75) is 30.9 Å². The molecule has 1 amide bonds. The molecule has 27 heavy (non-hydrogen) atoms. The van der Waals surface area contributed by atoms with Crippen LogP contribution in [0.2, 0.25) is 0 Å². The normalized spacial score (nSPS) is 19.1. The van der Waals surface area contributed by atoms with E-state index < -0.39 is 28.0 Å². The number of hydrogen-bond donors (Lipinski definition) is 2. The zero-order valence-electron chi connectivity index (χ0n) is 14.8. The molecule has 0 radical (unpaired) electrons. The zero-order chi connectivity index (χ0) is 19.8. The van der Waals surface area contributed by atoms with Crippen LogP contribution < -0.4 is 20.1 Å². The lowest BCUT2D eigenvalue weighted by atomic mass is 10.1. The number of sulfonamides is 1. The molecule has 1 unspecified atom stereocenters. The second kappa shape index (κ2) is 7.07. The molecule has 0 aromatic heterocycles. The van der Waals surface area contributed by atoms with Crippen molar-refractivity contribution in [2.24, 2.45) is 0 Å². The Morgan fingerprint density at radius 2 is 1.93 bits per heavy atom. The Hall–Kier alpha value is -2.81. The van der Waals surface area contributed by atoms with Gasteiger partial charge in [0.05, 0.1) is 23.2 Å². The summed E-state index contributed by atoms with van der Waals surface area (Å²) in [6.07, 6.45) is -0.611. The average molecular weight is 393 g/mol. The van der Waals surface area contributed by atoms with E-state index in [0.29, 0.717) is 17.1 Å². The van der Waals surface area contributed by atoms with E-state index in [4.69, 9.17) is 10.5 Å². The number of rotatable bonds is 4. The van der Waals surface area contributed by atoms with E-state index in [9.17, 15) is 17.6 Å². The van der Waals surface area contributed by atoms with Crippen LogP contribution in [0, 0.1) is 5.82 Å². The number of nitrogen functional groups attached to an aromatic ring is 1. The SMILES string of the molecule is CC(=O)NCC1Oc2ccc(N)cc2N(S(=O)(=O)c2ccc(F)cc2)[C@H]1C. The summed E-state index contributed by atoms with van der Waals surface area (Å²) in [6.45, 7) is 3.19. The van der Waals surface area contributed by atoms with Crippen molar-refractivity contribution in [3.05, 3.63) is 48.3 Å². The third kappa shape index (κ3) is 3.68. The highest BCUT2D eigenvalue weighted by molar-refractivity contribution is 7.92. The predicted molar refractivity (Wildman–Crippen MR) is 99.5 cm³/mol. The van der Waals surface area contributed by atoms with Crippen LogP contribution in [-0.2, 0) is 14.8 Å². The van der Waals surface area contributed by atoms with Gasteiger partial charge in [-0.1, -0.05) is 0 Å². The molecule has 0 bridgehead atoms. The average Bonchev–Trinajstić information content (AvgIpc) is 2.60. The number of carbonyl (C=O) groups is 1. The number of halogens is 1. The number of nitrogens with one attached hydrogen (secondary N) is 1. The van der Waals surface area contributed by atoms with Gasteiger partial charge in [-0.3, -0.25) is 9.10 Å². The number of nitrogens with zero attached hydrogens (tertiary/aromatic N) is 1. The number of ether oxygens (including phenoxy) is 1. The summed E-state index contributed by atoms with van der Waals surface area (Å²) in [7, 11) is -4.01. The molecule has 0 spiro atoms. The highest BCUT2D eigenvalue weighted by Gasteiger charge is 2.40. The van der Waals surface area contributed by atoms with Crippen LogP contribution in [0.3, 0.4) is 0 Å². The minimum absolute atomic E-state index is 0.0516. The van der Waals surface area contributed by atoms with Crippen molar-refractivity contribution in [3.8, 4) is 5.75 Å². The first kappa shape index (κ1) is 19.0. The van der Waals surface area contributed by atoms with Gasteiger partial charge < -0.3 is 15.8 Å². The maximum Gasteiger partial charge on any atom is 0.264 e. The summed E-state index contributed by atoms with van der Waals surface area (Å²) < 4.78 is 46.9. The number of nitrogens with two attached hydrogens (primary N) is 1. The van der Waals surface area contributed by atoms with Crippen molar-refractivity contribution in [3.63, 3.8) is 0 Å². The lowest BCUT2D eigenvalue weighted by Crippen LogP contribution is -2.54. The summed E-state index contributed by atoms with van der Waals surface area (Å²) in [5.41, 5.74) is 6.52. The van der Waals surface area contributed by atoms with Crippen molar-refractivity contribution in [1.82, 2.24) is 5.32 Å². The molecule has 2 atom stereocenters. The molecule has 2 aromatic rings. The van der Waals surface area contributed by atoms with Gasteiger partial charge in [-0.15, -0.1) is 0 Å². The molecule has 3 N–H and O–H groups in total. The van der Waals surface area contributed by atoms with Gasteiger partial charge in [0, 0.05) is 12.6 Å². The van der Waals surface area contributed by atoms with E-state index in [1.165, 1.54) is 29.4 Å². The van der Waals surface area contributed by atoms with Gasteiger partial charge in [-0.2, -0.15) is 0 Å². The fraction of sp³-hybridized carbons (Fsp3) is 0.278.